The molecule has 0 saturated heterocycles. The lowest BCUT2D eigenvalue weighted by Crippen LogP contribution is -2.24. The normalized spacial score (nSPS) is 10.5. The van der Waals surface area contributed by atoms with Crippen LogP contribution in [0.25, 0.3) is 6.08 Å². The van der Waals surface area contributed by atoms with Crippen LogP contribution >= 0.6 is 0 Å². The molecular formula is C17H19N3O2. The van der Waals surface area contributed by atoms with Gasteiger partial charge in [0.15, 0.2) is 0 Å². The van der Waals surface area contributed by atoms with E-state index in [4.69, 9.17) is 10.5 Å². The fourth-order valence-electron chi connectivity index (χ4n) is 1.81. The number of ether oxygens (including phenoxy) is 1. The van der Waals surface area contributed by atoms with Gasteiger partial charge in [0.1, 0.15) is 6.61 Å². The highest BCUT2D eigenvalue weighted by Gasteiger charge is 2.00. The number of benzene rings is 1. The number of nitrogen functional groups attached to an aromatic ring is 1. The molecule has 2 aromatic rings. The highest BCUT2D eigenvalue weighted by molar-refractivity contribution is 5.67. The number of hydrogen-bond acceptors (Lipinski definition) is 4. The van der Waals surface area contributed by atoms with Gasteiger partial charge in [0.05, 0.1) is 11.9 Å². The fourth-order valence-corrected chi connectivity index (χ4v) is 1.81. The van der Waals surface area contributed by atoms with Crippen molar-refractivity contribution in [3.63, 3.8) is 0 Å². The summed E-state index contributed by atoms with van der Waals surface area (Å²) in [5, 5.41) is 2.70. The number of hydrogen-bond donors (Lipinski definition) is 2. The fraction of sp³-hybridized carbons (Fsp3) is 0.176. The Bertz CT molecular complexity index is 627. The molecule has 1 aromatic heterocycles. The highest BCUT2D eigenvalue weighted by atomic mass is 16.5. The number of nitrogens with one attached hydrogen (secondary N) is 1. The van der Waals surface area contributed by atoms with Gasteiger partial charge < -0.3 is 15.8 Å². The number of alkyl carbamates (subject to hydrolysis) is 1. The molecule has 5 heteroatoms. The molecule has 0 fully saturated rings. The number of carbonyl (C=O) groups excluding carboxylic acids is 1. The molecular weight excluding hydrogens is 278 g/mol. The zero-order valence-electron chi connectivity index (χ0n) is 12.2. The van der Waals surface area contributed by atoms with Crippen LogP contribution in [-0.2, 0) is 11.3 Å². The first kappa shape index (κ1) is 15.6. The van der Waals surface area contributed by atoms with E-state index < -0.39 is 6.09 Å². The smallest absolute Gasteiger partial charge is 0.407 e. The third-order valence-electron chi connectivity index (χ3n) is 2.98. The minimum absolute atomic E-state index is 0.274. The van der Waals surface area contributed by atoms with E-state index in [-0.39, 0.29) is 6.61 Å². The average Bonchev–Trinajstić information content (AvgIpc) is 2.55. The van der Waals surface area contributed by atoms with Gasteiger partial charge in [-0.25, -0.2) is 4.79 Å². The number of amides is 1. The van der Waals surface area contributed by atoms with Gasteiger partial charge >= 0.3 is 6.09 Å². The standard InChI is InChI=1S/C17H19N3O2/c18-16-12-19-11-9-15(16)8-4-5-10-20-17(21)22-13-14-6-2-1-3-7-14/h1-4,6-9,11-12H,5,10,13,18H2,(H,20,21). The third-order valence-corrected chi connectivity index (χ3v) is 2.98. The van der Waals surface area contributed by atoms with Crippen molar-refractivity contribution in [3.8, 4) is 0 Å². The van der Waals surface area contributed by atoms with E-state index >= 15 is 0 Å². The summed E-state index contributed by atoms with van der Waals surface area (Å²) in [4.78, 5) is 15.4. The summed E-state index contributed by atoms with van der Waals surface area (Å²) in [6.07, 6.45) is 7.44. The van der Waals surface area contributed by atoms with Crippen LogP contribution in [0.15, 0.2) is 54.9 Å². The summed E-state index contributed by atoms with van der Waals surface area (Å²) in [5.74, 6) is 0. The molecule has 0 atom stereocenters. The Morgan fingerprint density at radius 2 is 2.09 bits per heavy atom. The van der Waals surface area contributed by atoms with E-state index in [1.807, 2.05) is 48.6 Å². The van der Waals surface area contributed by atoms with Gasteiger partial charge in [-0.3, -0.25) is 4.98 Å². The summed E-state index contributed by atoms with van der Waals surface area (Å²) < 4.78 is 5.11. The van der Waals surface area contributed by atoms with Crippen molar-refractivity contribution in [2.45, 2.75) is 13.0 Å². The summed E-state index contributed by atoms with van der Waals surface area (Å²) in [6.45, 7) is 0.783. The number of anilines is 1. The lowest BCUT2D eigenvalue weighted by molar-refractivity contribution is 0.140. The number of aromatic nitrogens is 1. The Balaban J connectivity index is 1.64. The van der Waals surface area contributed by atoms with Crippen molar-refractivity contribution in [2.24, 2.45) is 0 Å². The highest BCUT2D eigenvalue weighted by Crippen LogP contribution is 2.10. The van der Waals surface area contributed by atoms with Crippen LogP contribution in [0, 0.1) is 0 Å². The Hall–Kier alpha value is -2.82. The molecule has 114 valence electrons. The third kappa shape index (κ3) is 5.28. The van der Waals surface area contributed by atoms with Crippen LogP contribution < -0.4 is 11.1 Å². The maximum absolute atomic E-state index is 11.5. The Labute approximate surface area is 129 Å². The van der Waals surface area contributed by atoms with Gasteiger partial charge in [-0.05, 0) is 18.1 Å². The van der Waals surface area contributed by atoms with Crippen molar-refractivity contribution in [1.29, 1.82) is 0 Å². The topological polar surface area (TPSA) is 77.2 Å². The Morgan fingerprint density at radius 3 is 2.86 bits per heavy atom. The molecule has 1 amide bonds. The Kier molecular flexibility index (Phi) is 5.99. The zero-order valence-corrected chi connectivity index (χ0v) is 12.2. The van der Waals surface area contributed by atoms with Gasteiger partial charge in [0.25, 0.3) is 0 Å². The maximum atomic E-state index is 11.5. The maximum Gasteiger partial charge on any atom is 0.407 e. The second-order valence-corrected chi connectivity index (χ2v) is 4.68. The zero-order chi connectivity index (χ0) is 15.6. The second kappa shape index (κ2) is 8.46. The summed E-state index contributed by atoms with van der Waals surface area (Å²) in [6, 6.07) is 11.4. The van der Waals surface area contributed by atoms with Gasteiger partial charge in [-0.1, -0.05) is 42.5 Å². The quantitative estimate of drug-likeness (QED) is 0.804. The van der Waals surface area contributed by atoms with Gasteiger partial charge in [-0.15, -0.1) is 0 Å². The van der Waals surface area contributed by atoms with Crippen LogP contribution in [0.4, 0.5) is 10.5 Å². The molecule has 3 N–H and O–H groups in total. The molecule has 0 aliphatic carbocycles. The Morgan fingerprint density at radius 1 is 1.27 bits per heavy atom. The largest absolute Gasteiger partial charge is 0.445 e. The van der Waals surface area contributed by atoms with Crippen LogP contribution in [0.1, 0.15) is 17.5 Å². The average molecular weight is 297 g/mol. The molecule has 0 spiro atoms. The van der Waals surface area contributed by atoms with Gasteiger partial charge in [-0.2, -0.15) is 0 Å². The van der Waals surface area contributed by atoms with Crippen molar-refractivity contribution < 1.29 is 9.53 Å². The van der Waals surface area contributed by atoms with E-state index in [1.165, 1.54) is 0 Å². The monoisotopic (exact) mass is 297 g/mol. The minimum atomic E-state index is -0.416. The molecule has 22 heavy (non-hydrogen) atoms. The first-order chi connectivity index (χ1) is 10.8. The van der Waals surface area contributed by atoms with E-state index in [0.29, 0.717) is 18.7 Å². The first-order valence-corrected chi connectivity index (χ1v) is 7.06. The molecule has 0 radical (unpaired) electrons. The van der Waals surface area contributed by atoms with Crippen molar-refractivity contribution >= 4 is 17.9 Å². The molecule has 0 saturated carbocycles. The first-order valence-electron chi connectivity index (χ1n) is 7.06. The van der Waals surface area contributed by atoms with Gasteiger partial charge in [0.2, 0.25) is 0 Å². The van der Waals surface area contributed by atoms with E-state index in [2.05, 4.69) is 10.3 Å². The van der Waals surface area contributed by atoms with Gasteiger partial charge in [0, 0.05) is 18.3 Å². The minimum Gasteiger partial charge on any atom is -0.445 e. The van der Waals surface area contributed by atoms with E-state index in [9.17, 15) is 4.79 Å². The van der Waals surface area contributed by atoms with E-state index in [0.717, 1.165) is 11.1 Å². The molecule has 0 aliphatic rings. The predicted octanol–water partition coefficient (Wildman–Crippen LogP) is 2.99. The molecule has 0 bridgehead atoms. The number of nitrogens with zero attached hydrogens (tertiary/aromatic N) is 1. The number of rotatable bonds is 6. The molecule has 1 heterocycles. The molecule has 0 aliphatic heterocycles. The summed E-state index contributed by atoms with van der Waals surface area (Å²) in [7, 11) is 0. The van der Waals surface area contributed by atoms with Crippen molar-refractivity contribution in [1.82, 2.24) is 10.3 Å². The lowest BCUT2D eigenvalue weighted by Gasteiger charge is -2.06. The molecule has 5 nitrogen and oxygen atoms in total. The van der Waals surface area contributed by atoms with Crippen molar-refractivity contribution in [2.75, 3.05) is 12.3 Å². The van der Waals surface area contributed by atoms with E-state index in [1.54, 1.807) is 12.4 Å². The molecule has 1 aromatic carbocycles. The number of nitrogens with two attached hydrogens (primary N) is 1. The van der Waals surface area contributed by atoms with Crippen LogP contribution in [0.2, 0.25) is 0 Å². The van der Waals surface area contributed by atoms with Crippen LogP contribution in [-0.4, -0.2) is 17.6 Å². The number of carbonyl (C=O) groups is 1. The van der Waals surface area contributed by atoms with Crippen molar-refractivity contribution in [3.05, 3.63) is 66.0 Å². The van der Waals surface area contributed by atoms with Crippen LogP contribution in [0.5, 0.6) is 0 Å². The summed E-state index contributed by atoms with van der Waals surface area (Å²) >= 11 is 0. The second-order valence-electron chi connectivity index (χ2n) is 4.68. The number of pyridine rings is 1. The lowest BCUT2D eigenvalue weighted by atomic mass is 10.2. The SMILES string of the molecule is Nc1cnccc1C=CCCNC(=O)OCc1ccccc1. The van der Waals surface area contributed by atoms with Crippen LogP contribution in [0.3, 0.4) is 0 Å². The molecule has 0 unspecified atom stereocenters. The molecule has 2 rings (SSSR count). The predicted molar refractivity (Wildman–Crippen MR) is 86.9 cm³/mol. The summed E-state index contributed by atoms with van der Waals surface area (Å²) in [5.41, 5.74) is 8.29.